The van der Waals surface area contributed by atoms with Crippen LogP contribution in [0.3, 0.4) is 0 Å². The zero-order valence-corrected chi connectivity index (χ0v) is 9.76. The number of nitrogens with two attached hydrogens (primary N) is 1. The predicted molar refractivity (Wildman–Crippen MR) is 67.5 cm³/mol. The van der Waals surface area contributed by atoms with Crippen LogP contribution in [0.5, 0.6) is 0 Å². The molecule has 0 unspecified atom stereocenters. The van der Waals surface area contributed by atoms with E-state index < -0.39 is 0 Å². The molecule has 3 aromatic rings. The minimum Gasteiger partial charge on any atom is -0.395 e. The highest BCUT2D eigenvalue weighted by Crippen LogP contribution is 2.22. The topological polar surface area (TPSA) is 56.2 Å². The fraction of sp³-hybridized carbons (Fsp3) is 0.0769. The molecule has 0 aliphatic rings. The Balaban J connectivity index is 2.26. The Morgan fingerprint density at radius 1 is 1.22 bits per heavy atom. The molecule has 1 aromatic carbocycles. The Hall–Kier alpha value is -2.43. The molecule has 18 heavy (non-hydrogen) atoms. The summed E-state index contributed by atoms with van der Waals surface area (Å²) in [4.78, 5) is 4.29. The summed E-state index contributed by atoms with van der Waals surface area (Å²) in [6.07, 6.45) is 1.76. The summed E-state index contributed by atoms with van der Waals surface area (Å²) in [5.74, 6) is -0.00546. The molecule has 0 aliphatic heterocycles. The molecular weight excluding hydrogens is 231 g/mol. The van der Waals surface area contributed by atoms with Crippen LogP contribution in [-0.4, -0.2) is 14.6 Å². The highest BCUT2D eigenvalue weighted by molar-refractivity contribution is 5.71. The lowest BCUT2D eigenvalue weighted by Crippen LogP contribution is -1.96. The van der Waals surface area contributed by atoms with Crippen molar-refractivity contribution in [1.29, 1.82) is 0 Å². The minimum absolute atomic E-state index is 0.338. The average molecular weight is 242 g/mol. The Kier molecular flexibility index (Phi) is 2.26. The van der Waals surface area contributed by atoms with Crippen LogP contribution in [0.2, 0.25) is 0 Å². The van der Waals surface area contributed by atoms with Crippen molar-refractivity contribution in [2.45, 2.75) is 6.92 Å². The first-order valence-corrected chi connectivity index (χ1v) is 5.53. The standard InChI is InChI=1S/C13H11FN4/c1-8-6-7-18-13(11(8)15)16-12(17-18)9-4-2-3-5-10(9)14/h2-7H,15H2,1H3. The van der Waals surface area contributed by atoms with Gasteiger partial charge in [0.1, 0.15) is 5.82 Å². The Bertz CT molecular complexity index is 733. The number of rotatable bonds is 1. The highest BCUT2D eigenvalue weighted by atomic mass is 19.1. The minimum atomic E-state index is -0.344. The van der Waals surface area contributed by atoms with Gasteiger partial charge in [-0.15, -0.1) is 5.10 Å². The number of fused-ring (bicyclic) bond motifs is 1. The van der Waals surface area contributed by atoms with Crippen molar-refractivity contribution >= 4 is 11.3 Å². The van der Waals surface area contributed by atoms with Crippen LogP contribution >= 0.6 is 0 Å². The zero-order chi connectivity index (χ0) is 12.7. The lowest BCUT2D eigenvalue weighted by Gasteiger charge is -1.98. The number of pyridine rings is 1. The molecule has 2 aromatic heterocycles. The summed E-state index contributed by atoms with van der Waals surface area (Å²) in [6, 6.07) is 8.26. The van der Waals surface area contributed by atoms with E-state index in [1.165, 1.54) is 6.07 Å². The third kappa shape index (κ3) is 1.52. The third-order valence-electron chi connectivity index (χ3n) is 2.88. The van der Waals surface area contributed by atoms with Crippen LogP contribution in [0.4, 0.5) is 10.1 Å². The van der Waals surface area contributed by atoms with E-state index in [9.17, 15) is 4.39 Å². The normalized spacial score (nSPS) is 11.0. The van der Waals surface area contributed by atoms with Crippen LogP contribution in [0.1, 0.15) is 5.56 Å². The van der Waals surface area contributed by atoms with Gasteiger partial charge >= 0.3 is 0 Å². The lowest BCUT2D eigenvalue weighted by molar-refractivity contribution is 0.630. The van der Waals surface area contributed by atoms with Gasteiger partial charge in [-0.1, -0.05) is 12.1 Å². The summed E-state index contributed by atoms with van der Waals surface area (Å²) in [6.45, 7) is 1.90. The summed E-state index contributed by atoms with van der Waals surface area (Å²) in [7, 11) is 0. The first-order valence-electron chi connectivity index (χ1n) is 5.53. The largest absolute Gasteiger partial charge is 0.395 e. The van der Waals surface area contributed by atoms with Gasteiger partial charge in [-0.25, -0.2) is 13.9 Å². The van der Waals surface area contributed by atoms with Crippen molar-refractivity contribution in [2.24, 2.45) is 0 Å². The number of hydrogen-bond acceptors (Lipinski definition) is 3. The number of hydrogen-bond donors (Lipinski definition) is 1. The number of anilines is 1. The Labute approximate surface area is 103 Å². The average Bonchev–Trinajstić information content (AvgIpc) is 2.79. The van der Waals surface area contributed by atoms with Gasteiger partial charge in [0.05, 0.1) is 11.3 Å². The van der Waals surface area contributed by atoms with Gasteiger partial charge in [-0.2, -0.15) is 0 Å². The molecule has 0 saturated carbocycles. The zero-order valence-electron chi connectivity index (χ0n) is 9.76. The maximum Gasteiger partial charge on any atom is 0.185 e. The summed E-state index contributed by atoms with van der Waals surface area (Å²) < 4.78 is 15.2. The molecule has 2 N–H and O–H groups in total. The van der Waals surface area contributed by atoms with Gasteiger partial charge in [0.15, 0.2) is 11.5 Å². The van der Waals surface area contributed by atoms with Gasteiger partial charge in [0.2, 0.25) is 0 Å². The smallest absolute Gasteiger partial charge is 0.185 e. The van der Waals surface area contributed by atoms with E-state index in [0.717, 1.165) is 5.56 Å². The predicted octanol–water partition coefficient (Wildman–Crippen LogP) is 2.43. The molecule has 0 amide bonds. The molecule has 0 radical (unpaired) electrons. The maximum absolute atomic E-state index is 13.7. The van der Waals surface area contributed by atoms with Crippen LogP contribution < -0.4 is 5.73 Å². The number of nitrogen functional groups attached to an aromatic ring is 1. The number of benzene rings is 1. The quantitative estimate of drug-likeness (QED) is 0.713. The van der Waals surface area contributed by atoms with E-state index in [-0.39, 0.29) is 5.82 Å². The number of aryl methyl sites for hydroxylation is 1. The molecule has 0 bridgehead atoms. The molecule has 5 heteroatoms. The number of nitrogens with zero attached hydrogens (tertiary/aromatic N) is 3. The van der Waals surface area contributed by atoms with Crippen molar-refractivity contribution in [3.63, 3.8) is 0 Å². The number of aromatic nitrogens is 3. The van der Waals surface area contributed by atoms with Gasteiger partial charge in [-0.05, 0) is 30.7 Å². The maximum atomic E-state index is 13.7. The SMILES string of the molecule is Cc1ccn2nc(-c3ccccc3F)nc2c1N. The molecule has 2 heterocycles. The van der Waals surface area contributed by atoms with Crippen molar-refractivity contribution in [3.8, 4) is 11.4 Å². The second-order valence-corrected chi connectivity index (χ2v) is 4.10. The molecular formula is C13H11FN4. The first-order chi connectivity index (χ1) is 8.66. The van der Waals surface area contributed by atoms with Crippen molar-refractivity contribution in [1.82, 2.24) is 14.6 Å². The van der Waals surface area contributed by atoms with Crippen LogP contribution in [0.15, 0.2) is 36.5 Å². The van der Waals surface area contributed by atoms with Crippen molar-refractivity contribution in [2.75, 3.05) is 5.73 Å². The van der Waals surface area contributed by atoms with Crippen LogP contribution in [0, 0.1) is 12.7 Å². The second kappa shape index (κ2) is 3.80. The lowest BCUT2D eigenvalue weighted by atomic mass is 10.2. The summed E-state index contributed by atoms with van der Waals surface area (Å²) in [5.41, 5.74) is 8.34. The molecule has 0 aliphatic carbocycles. The molecule has 0 fully saturated rings. The van der Waals surface area contributed by atoms with E-state index in [2.05, 4.69) is 10.1 Å². The molecule has 90 valence electrons. The fourth-order valence-electron chi connectivity index (χ4n) is 1.82. The van der Waals surface area contributed by atoms with E-state index in [0.29, 0.717) is 22.7 Å². The summed E-state index contributed by atoms with van der Waals surface area (Å²) >= 11 is 0. The molecule has 0 spiro atoms. The summed E-state index contributed by atoms with van der Waals surface area (Å²) in [5, 5.41) is 4.23. The van der Waals surface area contributed by atoms with E-state index in [1.807, 2.05) is 13.0 Å². The highest BCUT2D eigenvalue weighted by Gasteiger charge is 2.12. The first kappa shape index (κ1) is 10.7. The molecule has 4 nitrogen and oxygen atoms in total. The molecule has 0 saturated heterocycles. The van der Waals surface area contributed by atoms with Crippen molar-refractivity contribution < 1.29 is 4.39 Å². The monoisotopic (exact) mass is 242 g/mol. The Morgan fingerprint density at radius 2 is 2.00 bits per heavy atom. The Morgan fingerprint density at radius 3 is 2.78 bits per heavy atom. The van der Waals surface area contributed by atoms with Crippen LogP contribution in [0.25, 0.3) is 17.0 Å². The molecule has 0 atom stereocenters. The van der Waals surface area contributed by atoms with E-state index in [4.69, 9.17) is 5.73 Å². The van der Waals surface area contributed by atoms with Gasteiger partial charge in [0.25, 0.3) is 0 Å². The third-order valence-corrected chi connectivity index (χ3v) is 2.88. The van der Waals surface area contributed by atoms with Gasteiger partial charge in [0, 0.05) is 6.20 Å². The van der Waals surface area contributed by atoms with E-state index >= 15 is 0 Å². The van der Waals surface area contributed by atoms with Crippen molar-refractivity contribution in [3.05, 3.63) is 47.9 Å². The van der Waals surface area contributed by atoms with Crippen LogP contribution in [-0.2, 0) is 0 Å². The van der Waals surface area contributed by atoms with Gasteiger partial charge < -0.3 is 5.73 Å². The van der Waals surface area contributed by atoms with E-state index in [1.54, 1.807) is 28.9 Å². The second-order valence-electron chi connectivity index (χ2n) is 4.10. The molecule has 3 rings (SSSR count). The fourth-order valence-corrected chi connectivity index (χ4v) is 1.82. The number of halogens is 1. The van der Waals surface area contributed by atoms with Gasteiger partial charge in [-0.3, -0.25) is 0 Å².